The SMILES string of the molecule is CCC(CC)CC1(O)CCC1. The van der Waals surface area contributed by atoms with Gasteiger partial charge < -0.3 is 5.11 Å². The molecule has 0 bridgehead atoms. The molecule has 0 amide bonds. The summed E-state index contributed by atoms with van der Waals surface area (Å²) in [5.41, 5.74) is -0.253. The van der Waals surface area contributed by atoms with E-state index in [0.29, 0.717) is 0 Å². The summed E-state index contributed by atoms with van der Waals surface area (Å²) in [6, 6.07) is 0. The Balaban J connectivity index is 2.27. The van der Waals surface area contributed by atoms with Crippen LogP contribution in [0.2, 0.25) is 0 Å². The van der Waals surface area contributed by atoms with Gasteiger partial charge in [0.05, 0.1) is 5.60 Å². The molecule has 0 spiro atoms. The van der Waals surface area contributed by atoms with Crippen molar-refractivity contribution in [1.29, 1.82) is 0 Å². The molecule has 11 heavy (non-hydrogen) atoms. The van der Waals surface area contributed by atoms with Crippen molar-refractivity contribution in [3.8, 4) is 0 Å². The van der Waals surface area contributed by atoms with Crippen molar-refractivity contribution < 1.29 is 5.11 Å². The van der Waals surface area contributed by atoms with E-state index in [9.17, 15) is 5.11 Å². The Morgan fingerprint density at radius 1 is 1.27 bits per heavy atom. The minimum Gasteiger partial charge on any atom is -0.390 e. The maximum Gasteiger partial charge on any atom is 0.0650 e. The second-order valence-corrected chi connectivity index (χ2v) is 3.96. The number of aliphatic hydroxyl groups is 1. The quantitative estimate of drug-likeness (QED) is 0.663. The average Bonchev–Trinajstić information content (AvgIpc) is 1.97. The molecule has 1 N–H and O–H groups in total. The Labute approximate surface area is 69.8 Å². The van der Waals surface area contributed by atoms with Crippen LogP contribution in [-0.2, 0) is 0 Å². The van der Waals surface area contributed by atoms with Crippen molar-refractivity contribution in [2.75, 3.05) is 0 Å². The van der Waals surface area contributed by atoms with E-state index in [2.05, 4.69) is 13.8 Å². The Morgan fingerprint density at radius 3 is 2.09 bits per heavy atom. The van der Waals surface area contributed by atoms with Gasteiger partial charge in [-0.25, -0.2) is 0 Å². The fraction of sp³-hybridized carbons (Fsp3) is 1.00. The molecule has 0 aromatic heterocycles. The number of hydrogen-bond donors (Lipinski definition) is 1. The molecule has 0 aliphatic heterocycles. The average molecular weight is 156 g/mol. The van der Waals surface area contributed by atoms with E-state index in [0.717, 1.165) is 25.2 Å². The van der Waals surface area contributed by atoms with Crippen molar-refractivity contribution in [3.63, 3.8) is 0 Å². The van der Waals surface area contributed by atoms with Crippen LogP contribution < -0.4 is 0 Å². The lowest BCUT2D eigenvalue weighted by Crippen LogP contribution is -2.38. The Bertz CT molecular complexity index is 112. The highest BCUT2D eigenvalue weighted by atomic mass is 16.3. The van der Waals surface area contributed by atoms with Crippen LogP contribution >= 0.6 is 0 Å². The van der Waals surface area contributed by atoms with Crippen molar-refractivity contribution >= 4 is 0 Å². The van der Waals surface area contributed by atoms with Crippen LogP contribution in [0.3, 0.4) is 0 Å². The third-order valence-electron chi connectivity index (χ3n) is 3.11. The Morgan fingerprint density at radius 2 is 1.82 bits per heavy atom. The fourth-order valence-electron chi connectivity index (χ4n) is 1.90. The highest BCUT2D eigenvalue weighted by molar-refractivity contribution is 4.88. The predicted octanol–water partition coefficient (Wildman–Crippen LogP) is 2.73. The lowest BCUT2D eigenvalue weighted by molar-refractivity contribution is -0.0533. The number of rotatable bonds is 4. The van der Waals surface area contributed by atoms with Crippen LogP contribution in [0.1, 0.15) is 52.4 Å². The summed E-state index contributed by atoms with van der Waals surface area (Å²) in [5.74, 6) is 0.750. The third kappa shape index (κ3) is 2.19. The summed E-state index contributed by atoms with van der Waals surface area (Å²) in [4.78, 5) is 0. The van der Waals surface area contributed by atoms with Crippen LogP contribution in [-0.4, -0.2) is 10.7 Å². The Hall–Kier alpha value is -0.0400. The van der Waals surface area contributed by atoms with Crippen LogP contribution in [0.4, 0.5) is 0 Å². The summed E-state index contributed by atoms with van der Waals surface area (Å²) >= 11 is 0. The zero-order valence-electron chi connectivity index (χ0n) is 7.77. The predicted molar refractivity (Wildman–Crippen MR) is 47.5 cm³/mol. The van der Waals surface area contributed by atoms with Gasteiger partial charge in [-0.05, 0) is 31.6 Å². The first-order valence-corrected chi connectivity index (χ1v) is 4.92. The van der Waals surface area contributed by atoms with Gasteiger partial charge in [0.15, 0.2) is 0 Å². The molecule has 0 unspecified atom stereocenters. The second kappa shape index (κ2) is 3.57. The molecule has 1 saturated carbocycles. The minimum absolute atomic E-state index is 0.253. The van der Waals surface area contributed by atoms with Gasteiger partial charge in [0.1, 0.15) is 0 Å². The van der Waals surface area contributed by atoms with Crippen molar-refractivity contribution in [1.82, 2.24) is 0 Å². The molecule has 1 fully saturated rings. The van der Waals surface area contributed by atoms with Crippen LogP contribution in [0.5, 0.6) is 0 Å². The molecule has 1 nitrogen and oxygen atoms in total. The molecule has 1 aliphatic rings. The molecule has 0 radical (unpaired) electrons. The van der Waals surface area contributed by atoms with E-state index in [4.69, 9.17) is 0 Å². The lowest BCUT2D eigenvalue weighted by atomic mass is 9.73. The summed E-state index contributed by atoms with van der Waals surface area (Å²) in [5, 5.41) is 9.84. The molecule has 0 heterocycles. The maximum absolute atomic E-state index is 9.84. The number of hydrogen-bond acceptors (Lipinski definition) is 1. The van der Waals surface area contributed by atoms with E-state index in [1.807, 2.05) is 0 Å². The smallest absolute Gasteiger partial charge is 0.0650 e. The Kier molecular flexibility index (Phi) is 2.94. The van der Waals surface area contributed by atoms with Crippen LogP contribution in [0.25, 0.3) is 0 Å². The first-order chi connectivity index (χ1) is 5.20. The van der Waals surface area contributed by atoms with Crippen molar-refractivity contribution in [3.05, 3.63) is 0 Å². The first kappa shape index (κ1) is 9.05. The molecule has 1 heteroatoms. The summed E-state index contributed by atoms with van der Waals surface area (Å²) in [7, 11) is 0. The van der Waals surface area contributed by atoms with Crippen LogP contribution in [0.15, 0.2) is 0 Å². The highest BCUT2D eigenvalue weighted by Gasteiger charge is 2.35. The molecule has 1 rings (SSSR count). The lowest BCUT2D eigenvalue weighted by Gasteiger charge is -2.39. The molecule has 66 valence electrons. The third-order valence-corrected chi connectivity index (χ3v) is 3.11. The molecule has 1 aliphatic carbocycles. The maximum atomic E-state index is 9.84. The van der Waals surface area contributed by atoms with E-state index in [1.165, 1.54) is 19.3 Å². The molecule has 0 saturated heterocycles. The van der Waals surface area contributed by atoms with Gasteiger partial charge in [0, 0.05) is 0 Å². The summed E-state index contributed by atoms with van der Waals surface area (Å²) in [6.45, 7) is 4.44. The standard InChI is InChI=1S/C10H20O/c1-3-9(4-2)8-10(11)6-5-7-10/h9,11H,3-8H2,1-2H3. The molecule has 0 aromatic rings. The normalized spacial score (nSPS) is 21.8. The van der Waals surface area contributed by atoms with Gasteiger partial charge in [0.2, 0.25) is 0 Å². The van der Waals surface area contributed by atoms with E-state index in [-0.39, 0.29) is 5.60 Å². The van der Waals surface area contributed by atoms with Crippen molar-refractivity contribution in [2.45, 2.75) is 58.0 Å². The van der Waals surface area contributed by atoms with E-state index in [1.54, 1.807) is 0 Å². The minimum atomic E-state index is -0.253. The summed E-state index contributed by atoms with van der Waals surface area (Å²) in [6.07, 6.45) is 6.81. The monoisotopic (exact) mass is 156 g/mol. The topological polar surface area (TPSA) is 20.2 Å². The molecular weight excluding hydrogens is 136 g/mol. The van der Waals surface area contributed by atoms with Gasteiger partial charge in [-0.2, -0.15) is 0 Å². The van der Waals surface area contributed by atoms with E-state index < -0.39 is 0 Å². The van der Waals surface area contributed by atoms with Gasteiger partial charge in [0.25, 0.3) is 0 Å². The van der Waals surface area contributed by atoms with Gasteiger partial charge >= 0.3 is 0 Å². The van der Waals surface area contributed by atoms with Gasteiger partial charge in [-0.3, -0.25) is 0 Å². The van der Waals surface area contributed by atoms with Gasteiger partial charge in [-0.15, -0.1) is 0 Å². The molecular formula is C10H20O. The van der Waals surface area contributed by atoms with Crippen molar-refractivity contribution in [2.24, 2.45) is 5.92 Å². The first-order valence-electron chi connectivity index (χ1n) is 4.92. The zero-order chi connectivity index (χ0) is 8.32. The molecule has 0 atom stereocenters. The van der Waals surface area contributed by atoms with E-state index >= 15 is 0 Å². The molecule has 0 aromatic carbocycles. The largest absolute Gasteiger partial charge is 0.390 e. The van der Waals surface area contributed by atoms with Gasteiger partial charge in [-0.1, -0.05) is 26.7 Å². The fourth-order valence-corrected chi connectivity index (χ4v) is 1.90. The zero-order valence-corrected chi connectivity index (χ0v) is 7.77. The highest BCUT2D eigenvalue weighted by Crippen LogP contribution is 2.38. The summed E-state index contributed by atoms with van der Waals surface area (Å²) < 4.78 is 0. The van der Waals surface area contributed by atoms with Crippen LogP contribution in [0, 0.1) is 5.92 Å². The second-order valence-electron chi connectivity index (χ2n) is 3.96.